The number of fused-ring (bicyclic) bond motifs is 1. The van der Waals surface area contributed by atoms with Gasteiger partial charge in [-0.1, -0.05) is 12.1 Å². The molecule has 174 valence electrons. The van der Waals surface area contributed by atoms with Crippen LogP contribution in [0.2, 0.25) is 0 Å². The molecule has 1 aliphatic rings. The Hall–Kier alpha value is -3.72. The fraction of sp³-hybridized carbons (Fsp3) is 0.333. The number of esters is 1. The molecular formula is C24H26N2O7. The number of carbonyl (C=O) groups excluding carboxylic acids is 4. The Kier molecular flexibility index (Phi) is 8.15. The number of benzene rings is 2. The van der Waals surface area contributed by atoms with Crippen molar-refractivity contribution in [3.05, 3.63) is 64.7 Å². The van der Waals surface area contributed by atoms with Crippen molar-refractivity contribution in [2.45, 2.75) is 13.3 Å². The highest BCUT2D eigenvalue weighted by Crippen LogP contribution is 2.24. The Bertz CT molecular complexity index is 1050. The summed E-state index contributed by atoms with van der Waals surface area (Å²) in [5.74, 6) is -1.40. The quantitative estimate of drug-likeness (QED) is 0.314. The van der Waals surface area contributed by atoms with E-state index in [0.717, 1.165) is 10.5 Å². The first kappa shape index (κ1) is 23.9. The summed E-state index contributed by atoms with van der Waals surface area (Å²) >= 11 is 0. The number of hydrogen-bond acceptors (Lipinski definition) is 7. The van der Waals surface area contributed by atoms with Crippen molar-refractivity contribution in [1.82, 2.24) is 10.2 Å². The van der Waals surface area contributed by atoms with Gasteiger partial charge in [0.2, 0.25) is 0 Å². The zero-order valence-electron chi connectivity index (χ0n) is 18.6. The molecule has 0 bridgehead atoms. The molecule has 2 aromatic rings. The number of aryl methyl sites for hydroxylation is 1. The van der Waals surface area contributed by atoms with Gasteiger partial charge in [0, 0.05) is 20.3 Å². The zero-order valence-corrected chi connectivity index (χ0v) is 18.6. The number of nitrogens with zero attached hydrogens (tertiary/aromatic N) is 1. The third kappa shape index (κ3) is 6.17. The first-order chi connectivity index (χ1) is 15.9. The fourth-order valence-electron chi connectivity index (χ4n) is 3.32. The maximum Gasteiger partial charge on any atom is 0.338 e. The predicted octanol–water partition coefficient (Wildman–Crippen LogP) is 1.98. The SMILES string of the molecule is COCCCN1C(=O)c2ccc(C(=O)OCC(=O)NCCOc3cccc(C)c3)cc2C1=O. The van der Waals surface area contributed by atoms with Gasteiger partial charge in [0.15, 0.2) is 6.61 Å². The molecule has 0 saturated carbocycles. The maximum atomic E-state index is 12.5. The van der Waals surface area contributed by atoms with Crippen LogP contribution in [-0.2, 0) is 14.3 Å². The molecule has 3 rings (SSSR count). The molecule has 1 aliphatic heterocycles. The van der Waals surface area contributed by atoms with Crippen molar-refractivity contribution in [2.24, 2.45) is 0 Å². The molecule has 3 amide bonds. The van der Waals surface area contributed by atoms with E-state index in [1.807, 2.05) is 31.2 Å². The smallest absolute Gasteiger partial charge is 0.338 e. The summed E-state index contributed by atoms with van der Waals surface area (Å²) in [6, 6.07) is 11.7. The number of hydrogen-bond donors (Lipinski definition) is 1. The second-order valence-corrected chi connectivity index (χ2v) is 7.46. The third-order valence-corrected chi connectivity index (χ3v) is 4.95. The highest BCUT2D eigenvalue weighted by atomic mass is 16.5. The van der Waals surface area contributed by atoms with Crippen LogP contribution in [0.4, 0.5) is 0 Å². The number of imide groups is 1. The summed E-state index contributed by atoms with van der Waals surface area (Å²) in [6.07, 6.45) is 0.516. The van der Waals surface area contributed by atoms with Crippen molar-refractivity contribution in [3.63, 3.8) is 0 Å². The predicted molar refractivity (Wildman–Crippen MR) is 118 cm³/mol. The third-order valence-electron chi connectivity index (χ3n) is 4.95. The Morgan fingerprint density at radius 1 is 1.00 bits per heavy atom. The zero-order chi connectivity index (χ0) is 23.8. The minimum Gasteiger partial charge on any atom is -0.492 e. The number of methoxy groups -OCH3 is 1. The standard InChI is InChI=1S/C24H26N2O7/c1-16-5-3-6-18(13-16)32-12-9-25-21(27)15-33-24(30)17-7-8-19-20(14-17)23(29)26(22(19)28)10-4-11-31-2/h3,5-8,13-14H,4,9-12,15H2,1-2H3,(H,25,27). The number of rotatable bonds is 11. The number of carbonyl (C=O) groups is 4. The maximum absolute atomic E-state index is 12.5. The molecule has 0 saturated heterocycles. The highest BCUT2D eigenvalue weighted by molar-refractivity contribution is 6.22. The molecule has 1 N–H and O–H groups in total. The Morgan fingerprint density at radius 2 is 1.79 bits per heavy atom. The van der Waals surface area contributed by atoms with Crippen LogP contribution in [0.3, 0.4) is 0 Å². The van der Waals surface area contributed by atoms with Gasteiger partial charge < -0.3 is 19.5 Å². The normalized spacial score (nSPS) is 12.5. The Labute approximate surface area is 191 Å². The number of nitrogens with one attached hydrogen (secondary N) is 1. The highest BCUT2D eigenvalue weighted by Gasteiger charge is 2.35. The van der Waals surface area contributed by atoms with E-state index in [0.29, 0.717) is 18.8 Å². The largest absolute Gasteiger partial charge is 0.492 e. The first-order valence-electron chi connectivity index (χ1n) is 10.5. The van der Waals surface area contributed by atoms with E-state index in [2.05, 4.69) is 5.32 Å². The van der Waals surface area contributed by atoms with Crippen LogP contribution in [0.1, 0.15) is 43.1 Å². The van der Waals surface area contributed by atoms with Crippen LogP contribution in [-0.4, -0.2) is 68.6 Å². The fourth-order valence-corrected chi connectivity index (χ4v) is 3.32. The van der Waals surface area contributed by atoms with Crippen LogP contribution in [0.25, 0.3) is 0 Å². The van der Waals surface area contributed by atoms with E-state index in [4.69, 9.17) is 14.2 Å². The van der Waals surface area contributed by atoms with Crippen molar-refractivity contribution in [3.8, 4) is 5.75 Å². The molecule has 0 atom stereocenters. The van der Waals surface area contributed by atoms with Crippen molar-refractivity contribution in [2.75, 3.05) is 40.0 Å². The van der Waals surface area contributed by atoms with E-state index in [1.165, 1.54) is 18.2 Å². The van der Waals surface area contributed by atoms with E-state index >= 15 is 0 Å². The topological polar surface area (TPSA) is 111 Å². The molecule has 0 aromatic heterocycles. The summed E-state index contributed by atoms with van der Waals surface area (Å²) in [4.78, 5) is 50.3. The molecule has 0 radical (unpaired) electrons. The van der Waals surface area contributed by atoms with E-state index in [1.54, 1.807) is 7.11 Å². The number of amides is 3. The lowest BCUT2D eigenvalue weighted by atomic mass is 10.1. The van der Waals surface area contributed by atoms with Gasteiger partial charge in [-0.05, 0) is 49.2 Å². The van der Waals surface area contributed by atoms with Crippen LogP contribution in [0, 0.1) is 6.92 Å². The van der Waals surface area contributed by atoms with Gasteiger partial charge in [0.1, 0.15) is 12.4 Å². The van der Waals surface area contributed by atoms with E-state index in [9.17, 15) is 19.2 Å². The lowest BCUT2D eigenvalue weighted by Gasteiger charge is -2.12. The van der Waals surface area contributed by atoms with Crippen molar-refractivity contribution < 1.29 is 33.4 Å². The van der Waals surface area contributed by atoms with E-state index in [-0.39, 0.29) is 36.4 Å². The molecule has 9 nitrogen and oxygen atoms in total. The summed E-state index contributed by atoms with van der Waals surface area (Å²) in [7, 11) is 1.54. The van der Waals surface area contributed by atoms with Gasteiger partial charge >= 0.3 is 5.97 Å². The van der Waals surface area contributed by atoms with Gasteiger partial charge in [0.25, 0.3) is 17.7 Å². The monoisotopic (exact) mass is 454 g/mol. The molecule has 33 heavy (non-hydrogen) atoms. The van der Waals surface area contributed by atoms with Gasteiger partial charge in [-0.15, -0.1) is 0 Å². The molecule has 0 fully saturated rings. The molecule has 0 unspecified atom stereocenters. The Morgan fingerprint density at radius 3 is 2.55 bits per heavy atom. The lowest BCUT2D eigenvalue weighted by molar-refractivity contribution is -0.124. The van der Waals surface area contributed by atoms with Crippen LogP contribution in [0.5, 0.6) is 5.75 Å². The lowest BCUT2D eigenvalue weighted by Crippen LogP contribution is -2.32. The van der Waals surface area contributed by atoms with Crippen molar-refractivity contribution in [1.29, 1.82) is 0 Å². The molecule has 1 heterocycles. The Balaban J connectivity index is 1.46. The second kappa shape index (κ2) is 11.2. The average molecular weight is 454 g/mol. The summed E-state index contributed by atoms with van der Waals surface area (Å²) in [6.45, 7) is 2.65. The first-order valence-corrected chi connectivity index (χ1v) is 10.5. The van der Waals surface area contributed by atoms with E-state index < -0.39 is 30.3 Å². The van der Waals surface area contributed by atoms with Crippen LogP contribution >= 0.6 is 0 Å². The summed E-state index contributed by atoms with van der Waals surface area (Å²) in [5.41, 5.74) is 1.54. The van der Waals surface area contributed by atoms with Gasteiger partial charge in [-0.25, -0.2) is 4.79 Å². The molecule has 9 heteroatoms. The summed E-state index contributed by atoms with van der Waals surface area (Å²) in [5, 5.41) is 2.60. The van der Waals surface area contributed by atoms with Gasteiger partial charge in [-0.3, -0.25) is 19.3 Å². The molecule has 0 spiro atoms. The minimum atomic E-state index is -0.762. The molecule has 0 aliphatic carbocycles. The average Bonchev–Trinajstić information content (AvgIpc) is 3.05. The van der Waals surface area contributed by atoms with Gasteiger partial charge in [-0.2, -0.15) is 0 Å². The molecule has 2 aromatic carbocycles. The van der Waals surface area contributed by atoms with Gasteiger partial charge in [0.05, 0.1) is 23.2 Å². The van der Waals surface area contributed by atoms with Crippen molar-refractivity contribution >= 4 is 23.7 Å². The second-order valence-electron chi connectivity index (χ2n) is 7.46. The van der Waals surface area contributed by atoms with Crippen LogP contribution in [0.15, 0.2) is 42.5 Å². The summed E-state index contributed by atoms with van der Waals surface area (Å²) < 4.78 is 15.5. The molecular weight excluding hydrogens is 428 g/mol. The number of ether oxygens (including phenoxy) is 3. The minimum absolute atomic E-state index is 0.0872. The van der Waals surface area contributed by atoms with Crippen LogP contribution < -0.4 is 10.1 Å².